The lowest BCUT2D eigenvalue weighted by Crippen LogP contribution is -2.48. The molecule has 1 aliphatic heterocycles. The van der Waals surface area contributed by atoms with Gasteiger partial charge in [0.25, 0.3) is 0 Å². The van der Waals surface area contributed by atoms with Crippen LogP contribution in [0.4, 0.5) is 0 Å². The number of nitrogens with zero attached hydrogens (tertiary/aromatic N) is 2. The van der Waals surface area contributed by atoms with E-state index < -0.39 is 0 Å². The van der Waals surface area contributed by atoms with Crippen molar-refractivity contribution < 1.29 is 9.53 Å². The van der Waals surface area contributed by atoms with Crippen molar-refractivity contribution in [3.05, 3.63) is 36.1 Å². The lowest BCUT2D eigenvalue weighted by molar-refractivity contribution is -0.127. The van der Waals surface area contributed by atoms with Gasteiger partial charge in [0.05, 0.1) is 7.11 Å². The summed E-state index contributed by atoms with van der Waals surface area (Å²) in [5.41, 5.74) is 0. The highest BCUT2D eigenvalue weighted by Crippen LogP contribution is 2.05. The number of methoxy groups -OCH3 is 1. The molecule has 0 bridgehead atoms. The van der Waals surface area contributed by atoms with Gasteiger partial charge in [-0.25, -0.2) is 0 Å². The Hall–Kier alpha value is -1.55. The molecular weight excluding hydrogens is 264 g/mol. The van der Waals surface area contributed by atoms with Crippen LogP contribution in [0.15, 0.2) is 36.1 Å². The second kappa shape index (κ2) is 10.2. The summed E-state index contributed by atoms with van der Waals surface area (Å²) in [6.45, 7) is 8.90. The zero-order valence-electron chi connectivity index (χ0n) is 13.5. The van der Waals surface area contributed by atoms with Crippen molar-refractivity contribution in [3.63, 3.8) is 0 Å². The molecule has 4 heteroatoms. The maximum atomic E-state index is 12.1. The van der Waals surface area contributed by atoms with Crippen LogP contribution in [0.2, 0.25) is 0 Å². The van der Waals surface area contributed by atoms with E-state index in [-0.39, 0.29) is 5.91 Å². The fourth-order valence-electron chi connectivity index (χ4n) is 2.26. The average molecular weight is 292 g/mol. The first-order chi connectivity index (χ1) is 10.2. The Bertz CT molecular complexity index is 392. The van der Waals surface area contributed by atoms with E-state index in [2.05, 4.69) is 11.8 Å². The third-order valence-corrected chi connectivity index (χ3v) is 3.58. The van der Waals surface area contributed by atoms with Crippen molar-refractivity contribution in [1.82, 2.24) is 9.80 Å². The number of amides is 1. The van der Waals surface area contributed by atoms with E-state index in [4.69, 9.17) is 4.74 Å². The van der Waals surface area contributed by atoms with Crippen LogP contribution in [-0.2, 0) is 9.53 Å². The fourth-order valence-corrected chi connectivity index (χ4v) is 2.26. The zero-order chi connectivity index (χ0) is 15.5. The first-order valence-corrected chi connectivity index (χ1v) is 7.77. The first-order valence-electron chi connectivity index (χ1n) is 7.77. The third kappa shape index (κ3) is 6.63. The van der Waals surface area contributed by atoms with Gasteiger partial charge >= 0.3 is 0 Å². The number of unbranched alkanes of at least 4 members (excludes halogenated alkanes) is 1. The lowest BCUT2D eigenvalue weighted by Gasteiger charge is -2.34. The third-order valence-electron chi connectivity index (χ3n) is 3.58. The zero-order valence-corrected chi connectivity index (χ0v) is 13.5. The highest BCUT2D eigenvalue weighted by atomic mass is 16.5. The summed E-state index contributed by atoms with van der Waals surface area (Å²) >= 11 is 0. The van der Waals surface area contributed by atoms with Crippen molar-refractivity contribution in [2.45, 2.75) is 26.7 Å². The van der Waals surface area contributed by atoms with Crippen LogP contribution >= 0.6 is 0 Å². The molecule has 1 heterocycles. The van der Waals surface area contributed by atoms with Gasteiger partial charge in [-0.3, -0.25) is 9.69 Å². The summed E-state index contributed by atoms with van der Waals surface area (Å²) in [4.78, 5) is 16.4. The number of piperazine rings is 1. The second-order valence-corrected chi connectivity index (χ2v) is 5.15. The number of carbonyl (C=O) groups excluding carboxylic acids is 1. The molecule has 1 fully saturated rings. The van der Waals surface area contributed by atoms with Crippen molar-refractivity contribution in [2.75, 3.05) is 39.8 Å². The number of hydrogen-bond acceptors (Lipinski definition) is 3. The SMILES string of the molecule is C\C=C/C(=C\C=C\C(=O)N1CCN(CCCC)CC1)OC. The summed E-state index contributed by atoms with van der Waals surface area (Å²) in [6, 6.07) is 0. The van der Waals surface area contributed by atoms with Crippen molar-refractivity contribution in [3.8, 4) is 0 Å². The van der Waals surface area contributed by atoms with Crippen LogP contribution in [0.1, 0.15) is 26.7 Å². The van der Waals surface area contributed by atoms with Gasteiger partial charge in [0.2, 0.25) is 5.91 Å². The Balaban J connectivity index is 2.40. The number of carbonyl (C=O) groups is 1. The Morgan fingerprint density at radius 1 is 1.19 bits per heavy atom. The minimum absolute atomic E-state index is 0.0809. The van der Waals surface area contributed by atoms with Crippen molar-refractivity contribution in [2.24, 2.45) is 0 Å². The predicted molar refractivity (Wildman–Crippen MR) is 87.0 cm³/mol. The molecule has 0 aromatic heterocycles. The molecule has 1 amide bonds. The van der Waals surface area contributed by atoms with Crippen LogP contribution < -0.4 is 0 Å². The molecule has 0 spiro atoms. The van der Waals surface area contributed by atoms with E-state index in [1.165, 1.54) is 12.8 Å². The van der Waals surface area contributed by atoms with Crippen molar-refractivity contribution in [1.29, 1.82) is 0 Å². The van der Waals surface area contributed by atoms with E-state index >= 15 is 0 Å². The molecule has 0 N–H and O–H groups in total. The normalized spacial score (nSPS) is 17.9. The van der Waals surface area contributed by atoms with Gasteiger partial charge in [-0.05, 0) is 32.0 Å². The molecular formula is C17H28N2O2. The van der Waals surface area contributed by atoms with E-state index in [0.717, 1.165) is 38.5 Å². The standard InChI is InChI=1S/C17H28N2O2/c1-4-6-11-18-12-14-19(15-13-18)17(20)10-7-9-16(21-3)8-5-2/h5,7-10H,4,6,11-15H2,1-3H3/b8-5-,10-7+,16-9+. The monoisotopic (exact) mass is 292 g/mol. The second-order valence-electron chi connectivity index (χ2n) is 5.15. The van der Waals surface area contributed by atoms with Crippen LogP contribution in [0.3, 0.4) is 0 Å². The Morgan fingerprint density at radius 3 is 2.48 bits per heavy atom. The quantitative estimate of drug-likeness (QED) is 0.411. The van der Waals surface area contributed by atoms with E-state index in [1.807, 2.05) is 24.0 Å². The van der Waals surface area contributed by atoms with Gasteiger partial charge < -0.3 is 9.64 Å². The molecule has 0 unspecified atom stereocenters. The summed E-state index contributed by atoms with van der Waals surface area (Å²) in [7, 11) is 1.62. The topological polar surface area (TPSA) is 32.8 Å². The average Bonchev–Trinajstić information content (AvgIpc) is 2.52. The molecule has 1 rings (SSSR count). The number of rotatable bonds is 7. The summed E-state index contributed by atoms with van der Waals surface area (Å²) in [5.74, 6) is 0.822. The van der Waals surface area contributed by atoms with E-state index in [0.29, 0.717) is 0 Å². The summed E-state index contributed by atoms with van der Waals surface area (Å²) in [5, 5.41) is 0. The van der Waals surface area contributed by atoms with Crippen LogP contribution in [0, 0.1) is 0 Å². The minimum atomic E-state index is 0.0809. The minimum Gasteiger partial charge on any atom is -0.497 e. The maximum Gasteiger partial charge on any atom is 0.246 e. The van der Waals surface area contributed by atoms with Crippen LogP contribution in [0.5, 0.6) is 0 Å². The molecule has 118 valence electrons. The van der Waals surface area contributed by atoms with Crippen LogP contribution in [0.25, 0.3) is 0 Å². The highest BCUT2D eigenvalue weighted by molar-refractivity contribution is 5.88. The lowest BCUT2D eigenvalue weighted by atomic mass is 10.2. The molecule has 4 nitrogen and oxygen atoms in total. The summed E-state index contributed by atoms with van der Waals surface area (Å²) in [6.07, 6.45) is 11.4. The molecule has 21 heavy (non-hydrogen) atoms. The molecule has 0 atom stereocenters. The van der Waals surface area contributed by atoms with Crippen molar-refractivity contribution >= 4 is 5.91 Å². The van der Waals surface area contributed by atoms with Gasteiger partial charge in [0.15, 0.2) is 0 Å². The molecule has 0 aliphatic carbocycles. The van der Waals surface area contributed by atoms with E-state index in [9.17, 15) is 4.79 Å². The molecule has 1 aliphatic rings. The van der Waals surface area contributed by atoms with E-state index in [1.54, 1.807) is 25.3 Å². The molecule has 0 saturated carbocycles. The number of hydrogen-bond donors (Lipinski definition) is 0. The Morgan fingerprint density at radius 2 is 1.90 bits per heavy atom. The summed E-state index contributed by atoms with van der Waals surface area (Å²) < 4.78 is 5.16. The van der Waals surface area contributed by atoms with Gasteiger partial charge in [0.1, 0.15) is 5.76 Å². The Kier molecular flexibility index (Phi) is 8.51. The largest absolute Gasteiger partial charge is 0.497 e. The Labute approximate surface area is 128 Å². The molecule has 0 radical (unpaired) electrons. The van der Waals surface area contributed by atoms with Gasteiger partial charge in [-0.1, -0.05) is 25.5 Å². The molecule has 0 aromatic rings. The first kappa shape index (κ1) is 17.5. The number of allylic oxidation sites excluding steroid dienone is 4. The molecule has 1 saturated heterocycles. The maximum absolute atomic E-state index is 12.1. The van der Waals surface area contributed by atoms with Crippen LogP contribution in [-0.4, -0.2) is 55.5 Å². The predicted octanol–water partition coefficient (Wildman–Crippen LogP) is 2.59. The fraction of sp³-hybridized carbons (Fsp3) is 0.588. The smallest absolute Gasteiger partial charge is 0.246 e. The molecule has 0 aromatic carbocycles. The number of ether oxygens (including phenoxy) is 1. The van der Waals surface area contributed by atoms with Gasteiger partial charge in [-0.2, -0.15) is 0 Å². The highest BCUT2D eigenvalue weighted by Gasteiger charge is 2.18. The van der Waals surface area contributed by atoms with Gasteiger partial charge in [0, 0.05) is 32.3 Å². The van der Waals surface area contributed by atoms with Gasteiger partial charge in [-0.15, -0.1) is 0 Å².